The lowest BCUT2D eigenvalue weighted by Crippen LogP contribution is -2.41. The normalized spacial score (nSPS) is 18.0. The second-order valence-corrected chi connectivity index (χ2v) is 10.7. The van der Waals surface area contributed by atoms with Gasteiger partial charge in [-0.25, -0.2) is 9.97 Å². The summed E-state index contributed by atoms with van der Waals surface area (Å²) in [7, 11) is 1.99. The van der Waals surface area contributed by atoms with Gasteiger partial charge in [0.2, 0.25) is 0 Å². The monoisotopic (exact) mass is 515 g/mol. The van der Waals surface area contributed by atoms with Crippen molar-refractivity contribution in [2.45, 2.75) is 38.9 Å². The molecule has 0 radical (unpaired) electrons. The lowest BCUT2D eigenvalue weighted by molar-refractivity contribution is 0.191. The van der Waals surface area contributed by atoms with Crippen molar-refractivity contribution in [2.75, 3.05) is 43.6 Å². The van der Waals surface area contributed by atoms with Gasteiger partial charge in [-0.2, -0.15) is 0 Å². The topological polar surface area (TPSA) is 71.5 Å². The van der Waals surface area contributed by atoms with E-state index in [1.54, 1.807) is 11.3 Å². The molecule has 192 valence electrons. The van der Waals surface area contributed by atoms with Gasteiger partial charge in [0.1, 0.15) is 24.0 Å². The molecule has 1 saturated heterocycles. The SMILES string of the molecule is CNCc1ccccc1-c1csc([C@@H](C)Nc2nc(C)nc3cc4c(cc23)N(C2CCOC2)CCO4)c1. The highest BCUT2D eigenvalue weighted by Crippen LogP contribution is 2.40. The Morgan fingerprint density at radius 2 is 2.05 bits per heavy atom. The summed E-state index contributed by atoms with van der Waals surface area (Å²) < 4.78 is 11.7. The highest BCUT2D eigenvalue weighted by Gasteiger charge is 2.29. The predicted molar refractivity (Wildman–Crippen MR) is 151 cm³/mol. The smallest absolute Gasteiger partial charge is 0.144 e. The number of ether oxygens (including phenoxy) is 2. The van der Waals surface area contributed by atoms with Crippen LogP contribution in [0.25, 0.3) is 22.0 Å². The van der Waals surface area contributed by atoms with Crippen LogP contribution < -0.4 is 20.3 Å². The molecule has 1 fully saturated rings. The van der Waals surface area contributed by atoms with Gasteiger partial charge in [-0.1, -0.05) is 24.3 Å². The summed E-state index contributed by atoms with van der Waals surface area (Å²) in [6.07, 6.45) is 1.04. The average Bonchev–Trinajstić information content (AvgIpc) is 3.61. The highest BCUT2D eigenvalue weighted by atomic mass is 32.1. The van der Waals surface area contributed by atoms with E-state index in [-0.39, 0.29) is 6.04 Å². The first kappa shape index (κ1) is 24.2. The number of nitrogens with one attached hydrogen (secondary N) is 2. The van der Waals surface area contributed by atoms with E-state index >= 15 is 0 Å². The van der Waals surface area contributed by atoms with Gasteiger partial charge in [-0.15, -0.1) is 11.3 Å². The molecule has 2 N–H and O–H groups in total. The van der Waals surface area contributed by atoms with Crippen LogP contribution in [0.15, 0.2) is 47.8 Å². The third kappa shape index (κ3) is 4.77. The molecule has 4 heterocycles. The lowest BCUT2D eigenvalue weighted by atomic mass is 10.0. The van der Waals surface area contributed by atoms with Crippen molar-refractivity contribution in [1.82, 2.24) is 15.3 Å². The third-order valence-electron chi connectivity index (χ3n) is 7.23. The van der Waals surface area contributed by atoms with Gasteiger partial charge in [-0.3, -0.25) is 0 Å². The van der Waals surface area contributed by atoms with E-state index in [2.05, 4.69) is 70.3 Å². The van der Waals surface area contributed by atoms with Crippen molar-refractivity contribution in [1.29, 1.82) is 0 Å². The minimum atomic E-state index is 0.0966. The molecule has 6 rings (SSSR count). The van der Waals surface area contributed by atoms with Crippen LogP contribution in [0.5, 0.6) is 5.75 Å². The molecule has 0 aliphatic carbocycles. The second kappa shape index (κ2) is 10.3. The maximum Gasteiger partial charge on any atom is 0.144 e. The van der Waals surface area contributed by atoms with Gasteiger partial charge in [0.25, 0.3) is 0 Å². The Hall–Kier alpha value is -3.20. The zero-order valence-corrected chi connectivity index (χ0v) is 22.4. The Morgan fingerprint density at radius 1 is 1.16 bits per heavy atom. The molecule has 1 unspecified atom stereocenters. The molecule has 7 nitrogen and oxygen atoms in total. The fourth-order valence-corrected chi connectivity index (χ4v) is 6.29. The Morgan fingerprint density at radius 3 is 2.89 bits per heavy atom. The van der Waals surface area contributed by atoms with Gasteiger partial charge < -0.3 is 25.0 Å². The summed E-state index contributed by atoms with van der Waals surface area (Å²) in [5.41, 5.74) is 5.84. The number of aromatic nitrogens is 2. The standard InChI is InChI=1S/C29H33N5O2S/c1-18(28-12-21(17-37-28)23-7-5-4-6-20(23)15-30-3)31-29-24-13-26-27(14-25(24)32-19(2)33-29)36-11-9-34(26)22-8-10-35-16-22/h4-7,12-14,17-18,22,30H,8-11,15-16H2,1-3H3,(H,31,32,33)/t18-,22?/m1/s1. The molecule has 0 saturated carbocycles. The number of hydrogen-bond donors (Lipinski definition) is 2. The first-order chi connectivity index (χ1) is 18.1. The summed E-state index contributed by atoms with van der Waals surface area (Å²) >= 11 is 1.78. The molecule has 2 aromatic heterocycles. The number of anilines is 2. The van der Waals surface area contributed by atoms with Crippen LogP contribution in [0.1, 0.15) is 35.7 Å². The Labute approximate surface area is 221 Å². The molecule has 2 aliphatic heterocycles. The number of nitrogens with zero attached hydrogens (tertiary/aromatic N) is 3. The van der Waals surface area contributed by atoms with Gasteiger partial charge >= 0.3 is 0 Å². The van der Waals surface area contributed by atoms with Crippen LogP contribution in [0.4, 0.5) is 11.5 Å². The predicted octanol–water partition coefficient (Wildman–Crippen LogP) is 5.55. The minimum absolute atomic E-state index is 0.0966. The van der Waals surface area contributed by atoms with Gasteiger partial charge in [0.05, 0.1) is 36.4 Å². The number of hydrogen-bond acceptors (Lipinski definition) is 8. The van der Waals surface area contributed by atoms with Crippen molar-refractivity contribution in [3.05, 3.63) is 64.1 Å². The van der Waals surface area contributed by atoms with Crippen LogP contribution in [0.2, 0.25) is 0 Å². The number of thiophene rings is 1. The summed E-state index contributed by atoms with van der Waals surface area (Å²) in [6.45, 7) is 8.12. The van der Waals surface area contributed by atoms with E-state index in [1.807, 2.05) is 14.0 Å². The first-order valence-corrected chi connectivity index (χ1v) is 13.9. The van der Waals surface area contributed by atoms with E-state index in [9.17, 15) is 0 Å². The molecule has 0 amide bonds. The number of benzene rings is 2. The molecule has 0 bridgehead atoms. The summed E-state index contributed by atoms with van der Waals surface area (Å²) in [5.74, 6) is 2.49. The molecular formula is C29H33N5O2S. The van der Waals surface area contributed by atoms with Crippen LogP contribution in [-0.4, -0.2) is 49.4 Å². The molecule has 2 aromatic carbocycles. The molecule has 2 atom stereocenters. The Kier molecular flexibility index (Phi) is 6.71. The maximum atomic E-state index is 6.06. The van der Waals surface area contributed by atoms with E-state index < -0.39 is 0 Å². The van der Waals surface area contributed by atoms with Crippen LogP contribution in [0, 0.1) is 6.92 Å². The molecule has 0 spiro atoms. The molecule has 8 heteroatoms. The number of fused-ring (bicyclic) bond motifs is 2. The molecule has 4 aromatic rings. The van der Waals surface area contributed by atoms with Gasteiger partial charge in [-0.05, 0) is 61.5 Å². The van der Waals surface area contributed by atoms with Crippen LogP contribution >= 0.6 is 11.3 Å². The summed E-state index contributed by atoms with van der Waals surface area (Å²) in [6, 6.07) is 15.6. The summed E-state index contributed by atoms with van der Waals surface area (Å²) in [4.78, 5) is 13.3. The Bertz CT molecular complexity index is 1410. The molecule has 37 heavy (non-hydrogen) atoms. The second-order valence-electron chi connectivity index (χ2n) is 9.81. The van der Waals surface area contributed by atoms with Crippen molar-refractivity contribution in [2.24, 2.45) is 0 Å². The van der Waals surface area contributed by atoms with E-state index in [4.69, 9.17) is 19.4 Å². The first-order valence-electron chi connectivity index (χ1n) is 13.0. The quantitative estimate of drug-likeness (QED) is 0.335. The van der Waals surface area contributed by atoms with E-state index in [1.165, 1.54) is 21.6 Å². The average molecular weight is 516 g/mol. The molecular weight excluding hydrogens is 482 g/mol. The van der Waals surface area contributed by atoms with Gasteiger partial charge in [0.15, 0.2) is 0 Å². The van der Waals surface area contributed by atoms with Crippen LogP contribution in [0.3, 0.4) is 0 Å². The number of rotatable bonds is 7. The third-order valence-corrected chi connectivity index (χ3v) is 8.34. The van der Waals surface area contributed by atoms with Crippen molar-refractivity contribution in [3.63, 3.8) is 0 Å². The van der Waals surface area contributed by atoms with Crippen molar-refractivity contribution in [3.8, 4) is 16.9 Å². The summed E-state index contributed by atoms with van der Waals surface area (Å²) in [5, 5.41) is 10.2. The molecule has 2 aliphatic rings. The van der Waals surface area contributed by atoms with Gasteiger partial charge in [0, 0.05) is 29.5 Å². The maximum absolute atomic E-state index is 6.06. The van der Waals surface area contributed by atoms with Crippen LogP contribution in [-0.2, 0) is 11.3 Å². The zero-order valence-electron chi connectivity index (χ0n) is 21.6. The largest absolute Gasteiger partial charge is 0.489 e. The minimum Gasteiger partial charge on any atom is -0.489 e. The number of aryl methyl sites for hydroxylation is 1. The Balaban J connectivity index is 1.32. The highest BCUT2D eigenvalue weighted by molar-refractivity contribution is 7.10. The van der Waals surface area contributed by atoms with Crippen molar-refractivity contribution >= 4 is 33.7 Å². The fraction of sp³-hybridized carbons (Fsp3) is 0.379. The van der Waals surface area contributed by atoms with Crippen molar-refractivity contribution < 1.29 is 9.47 Å². The van der Waals surface area contributed by atoms with E-state index in [0.29, 0.717) is 12.6 Å². The fourth-order valence-electron chi connectivity index (χ4n) is 5.38. The van der Waals surface area contributed by atoms with E-state index in [0.717, 1.165) is 66.7 Å². The lowest BCUT2D eigenvalue weighted by Gasteiger charge is -2.35. The zero-order chi connectivity index (χ0) is 25.4.